The van der Waals surface area contributed by atoms with Crippen molar-refractivity contribution in [2.24, 2.45) is 5.73 Å². The first-order valence-electron chi connectivity index (χ1n) is 6.83. The summed E-state index contributed by atoms with van der Waals surface area (Å²) in [5.74, 6) is -0.355. The van der Waals surface area contributed by atoms with Gasteiger partial charge in [-0.3, -0.25) is 9.69 Å². The molecular formula is C15H20FN3OS. The lowest BCUT2D eigenvalue weighted by Crippen LogP contribution is -2.61. The van der Waals surface area contributed by atoms with Crippen LogP contribution in [0, 0.1) is 5.82 Å². The van der Waals surface area contributed by atoms with Gasteiger partial charge in [-0.15, -0.1) is 0 Å². The largest absolute Gasteiger partial charge is 0.389 e. The molecule has 1 heterocycles. The van der Waals surface area contributed by atoms with Gasteiger partial charge in [-0.2, -0.15) is 0 Å². The number of nitrogens with zero attached hydrogens (tertiary/aromatic N) is 2. The van der Waals surface area contributed by atoms with Crippen LogP contribution in [0.15, 0.2) is 18.2 Å². The van der Waals surface area contributed by atoms with Crippen LogP contribution in [0.1, 0.15) is 25.0 Å². The maximum atomic E-state index is 14.4. The maximum Gasteiger partial charge on any atom is 0.242 e. The van der Waals surface area contributed by atoms with Crippen molar-refractivity contribution in [3.05, 3.63) is 35.1 Å². The summed E-state index contributed by atoms with van der Waals surface area (Å²) in [5.41, 5.74) is 5.63. The normalized spacial score (nSPS) is 18.9. The van der Waals surface area contributed by atoms with E-state index in [0.29, 0.717) is 25.2 Å². The predicted octanol–water partition coefficient (Wildman–Crippen LogP) is 1.51. The first-order valence-corrected chi connectivity index (χ1v) is 7.23. The molecule has 0 atom stereocenters. The third kappa shape index (κ3) is 2.91. The number of benzene rings is 1. The maximum absolute atomic E-state index is 14.4. The lowest BCUT2D eigenvalue weighted by atomic mass is 9.96. The second kappa shape index (κ2) is 5.69. The Morgan fingerprint density at radius 3 is 2.71 bits per heavy atom. The molecule has 1 fully saturated rings. The van der Waals surface area contributed by atoms with Crippen LogP contribution >= 0.6 is 12.2 Å². The van der Waals surface area contributed by atoms with Gasteiger partial charge in [-0.25, -0.2) is 4.39 Å². The van der Waals surface area contributed by atoms with Crippen molar-refractivity contribution in [1.29, 1.82) is 0 Å². The highest BCUT2D eigenvalue weighted by molar-refractivity contribution is 7.80. The van der Waals surface area contributed by atoms with Crippen LogP contribution in [0.3, 0.4) is 0 Å². The molecular weight excluding hydrogens is 289 g/mol. The zero-order valence-corrected chi connectivity index (χ0v) is 13.3. The third-order valence-electron chi connectivity index (χ3n) is 4.07. The van der Waals surface area contributed by atoms with E-state index >= 15 is 0 Å². The summed E-state index contributed by atoms with van der Waals surface area (Å²) in [6.07, 6.45) is 0. The molecule has 4 nitrogen and oxygen atoms in total. The number of hydrogen-bond acceptors (Lipinski definition) is 3. The lowest BCUT2D eigenvalue weighted by molar-refractivity contribution is -0.147. The molecule has 2 N–H and O–H groups in total. The quantitative estimate of drug-likeness (QED) is 0.860. The summed E-state index contributed by atoms with van der Waals surface area (Å²) in [4.78, 5) is 16.0. The smallest absolute Gasteiger partial charge is 0.242 e. The Hall–Kier alpha value is -1.53. The van der Waals surface area contributed by atoms with Crippen LogP contribution in [0.2, 0.25) is 0 Å². The van der Waals surface area contributed by atoms with Crippen molar-refractivity contribution in [1.82, 2.24) is 9.80 Å². The SMILES string of the molecule is CN1CCN(Cc2cccc(C(N)=S)c2F)C(C)(C)C1=O. The van der Waals surface area contributed by atoms with Gasteiger partial charge in [0.15, 0.2) is 0 Å². The van der Waals surface area contributed by atoms with Crippen molar-refractivity contribution < 1.29 is 9.18 Å². The minimum Gasteiger partial charge on any atom is -0.389 e. The van der Waals surface area contributed by atoms with Gasteiger partial charge in [0.25, 0.3) is 0 Å². The number of carbonyl (C=O) groups is 1. The molecule has 1 aromatic rings. The average Bonchev–Trinajstić information content (AvgIpc) is 2.41. The second-order valence-corrected chi connectivity index (χ2v) is 6.29. The number of thiocarbonyl (C=S) groups is 1. The fraction of sp³-hybridized carbons (Fsp3) is 0.467. The molecule has 1 aliphatic heterocycles. The standard InChI is InChI=1S/C15H20FN3OS/c1-15(2)14(20)18(3)7-8-19(15)9-10-5-4-6-11(12(10)16)13(17)21/h4-6H,7-9H2,1-3H3,(H2,17,21). The molecule has 1 aliphatic rings. The molecule has 0 bridgehead atoms. The van der Waals surface area contributed by atoms with Crippen LogP contribution in [-0.2, 0) is 11.3 Å². The highest BCUT2D eigenvalue weighted by Crippen LogP contribution is 2.25. The Kier molecular flexibility index (Phi) is 4.30. The van der Waals surface area contributed by atoms with Crippen LogP contribution in [0.4, 0.5) is 4.39 Å². The van der Waals surface area contributed by atoms with Crippen LogP contribution < -0.4 is 5.73 Å². The van der Waals surface area contributed by atoms with Gasteiger partial charge in [-0.1, -0.05) is 24.4 Å². The first-order chi connectivity index (χ1) is 9.75. The van der Waals surface area contributed by atoms with Crippen molar-refractivity contribution in [3.8, 4) is 0 Å². The number of piperazine rings is 1. The van der Waals surface area contributed by atoms with Crippen molar-refractivity contribution >= 4 is 23.1 Å². The third-order valence-corrected chi connectivity index (χ3v) is 4.29. The number of likely N-dealkylation sites (N-methyl/N-ethyl adjacent to an activating group) is 1. The minimum atomic E-state index is -0.654. The van der Waals surface area contributed by atoms with Gasteiger partial charge in [0.2, 0.25) is 5.91 Å². The lowest BCUT2D eigenvalue weighted by Gasteiger charge is -2.44. The Labute approximate surface area is 129 Å². The summed E-state index contributed by atoms with van der Waals surface area (Å²) in [6, 6.07) is 5.01. The van der Waals surface area contributed by atoms with Gasteiger partial charge < -0.3 is 10.6 Å². The van der Waals surface area contributed by atoms with E-state index < -0.39 is 11.4 Å². The van der Waals surface area contributed by atoms with Crippen LogP contribution in [0.25, 0.3) is 0 Å². The molecule has 1 saturated heterocycles. The topological polar surface area (TPSA) is 49.6 Å². The van der Waals surface area contributed by atoms with Gasteiger partial charge in [0, 0.05) is 37.8 Å². The van der Waals surface area contributed by atoms with Crippen molar-refractivity contribution in [3.63, 3.8) is 0 Å². The van der Waals surface area contributed by atoms with E-state index in [-0.39, 0.29) is 16.5 Å². The molecule has 0 saturated carbocycles. The average molecular weight is 309 g/mol. The number of carbonyl (C=O) groups excluding carboxylic acids is 1. The molecule has 0 unspecified atom stereocenters. The predicted molar refractivity (Wildman–Crippen MR) is 84.4 cm³/mol. The second-order valence-electron chi connectivity index (χ2n) is 5.85. The van der Waals surface area contributed by atoms with E-state index in [9.17, 15) is 9.18 Å². The highest BCUT2D eigenvalue weighted by atomic mass is 32.1. The van der Waals surface area contributed by atoms with E-state index in [2.05, 4.69) is 0 Å². The molecule has 21 heavy (non-hydrogen) atoms. The number of amides is 1. The van der Waals surface area contributed by atoms with Gasteiger partial charge in [-0.05, 0) is 19.9 Å². The van der Waals surface area contributed by atoms with Gasteiger partial charge in [0.1, 0.15) is 10.8 Å². The minimum absolute atomic E-state index is 0.0414. The number of nitrogens with two attached hydrogens (primary N) is 1. The number of halogens is 1. The van der Waals surface area contributed by atoms with E-state index in [1.165, 1.54) is 0 Å². The van der Waals surface area contributed by atoms with Gasteiger partial charge in [0.05, 0.1) is 5.54 Å². The molecule has 114 valence electrons. The number of rotatable bonds is 3. The van der Waals surface area contributed by atoms with Gasteiger partial charge >= 0.3 is 0 Å². The summed E-state index contributed by atoms with van der Waals surface area (Å²) in [5, 5.41) is 0. The Morgan fingerprint density at radius 1 is 1.43 bits per heavy atom. The fourth-order valence-corrected chi connectivity index (χ4v) is 2.79. The Balaban J connectivity index is 2.28. The molecule has 1 amide bonds. The zero-order chi connectivity index (χ0) is 15.8. The Bertz CT molecular complexity index is 588. The number of hydrogen-bond donors (Lipinski definition) is 1. The molecule has 2 rings (SSSR count). The summed E-state index contributed by atoms with van der Waals surface area (Å²) in [7, 11) is 1.79. The molecule has 0 aliphatic carbocycles. The summed E-state index contributed by atoms with van der Waals surface area (Å²) in [6.45, 7) is 5.42. The van der Waals surface area contributed by atoms with E-state index in [4.69, 9.17) is 18.0 Å². The van der Waals surface area contributed by atoms with Crippen LogP contribution in [0.5, 0.6) is 0 Å². The summed E-state index contributed by atoms with van der Waals surface area (Å²) < 4.78 is 14.4. The molecule has 0 aromatic heterocycles. The van der Waals surface area contributed by atoms with Crippen molar-refractivity contribution in [2.45, 2.75) is 25.9 Å². The molecule has 6 heteroatoms. The van der Waals surface area contributed by atoms with E-state index in [1.54, 1.807) is 30.1 Å². The van der Waals surface area contributed by atoms with Crippen molar-refractivity contribution in [2.75, 3.05) is 20.1 Å². The monoisotopic (exact) mass is 309 g/mol. The fourth-order valence-electron chi connectivity index (χ4n) is 2.63. The molecule has 1 aromatic carbocycles. The first kappa shape index (κ1) is 15.9. The zero-order valence-electron chi connectivity index (χ0n) is 12.5. The molecule has 0 spiro atoms. The summed E-state index contributed by atoms with van der Waals surface area (Å²) >= 11 is 4.86. The Morgan fingerprint density at radius 2 is 2.10 bits per heavy atom. The van der Waals surface area contributed by atoms with E-state index in [1.807, 2.05) is 18.7 Å². The van der Waals surface area contributed by atoms with Crippen LogP contribution in [-0.4, -0.2) is 46.4 Å². The highest BCUT2D eigenvalue weighted by Gasteiger charge is 2.40. The molecule has 0 radical (unpaired) electrons. The van der Waals surface area contributed by atoms with E-state index in [0.717, 1.165) is 0 Å².